The SMILES string of the molecule is CC(C)CC(O)C(O)CC(NC(=O)OC(C)(C)C)C1CCCCC1. The molecule has 142 valence electrons. The molecule has 0 spiro atoms. The van der Waals surface area contributed by atoms with Crippen LogP contribution in [-0.2, 0) is 4.74 Å². The van der Waals surface area contributed by atoms with Crippen molar-refractivity contribution in [3.05, 3.63) is 0 Å². The second-order valence-electron chi connectivity index (χ2n) is 8.65. The van der Waals surface area contributed by atoms with Crippen molar-refractivity contribution in [2.75, 3.05) is 0 Å². The average Bonchev–Trinajstić information content (AvgIpc) is 2.44. The number of nitrogens with one attached hydrogen (secondary N) is 1. The molecular formula is C19H37NO4. The lowest BCUT2D eigenvalue weighted by molar-refractivity contribution is -0.00936. The van der Waals surface area contributed by atoms with Crippen LogP contribution in [0.4, 0.5) is 4.79 Å². The van der Waals surface area contributed by atoms with Gasteiger partial charge in [-0.1, -0.05) is 33.1 Å². The molecule has 0 heterocycles. The molecule has 0 bridgehead atoms. The highest BCUT2D eigenvalue weighted by molar-refractivity contribution is 5.68. The first-order valence-corrected chi connectivity index (χ1v) is 9.44. The lowest BCUT2D eigenvalue weighted by atomic mass is 9.81. The maximum Gasteiger partial charge on any atom is 0.407 e. The fraction of sp³-hybridized carbons (Fsp3) is 0.947. The topological polar surface area (TPSA) is 78.8 Å². The zero-order chi connectivity index (χ0) is 18.3. The van der Waals surface area contributed by atoms with Gasteiger partial charge in [0.25, 0.3) is 0 Å². The Morgan fingerprint density at radius 2 is 1.62 bits per heavy atom. The fourth-order valence-corrected chi connectivity index (χ4v) is 3.42. The Hall–Kier alpha value is -0.810. The number of hydrogen-bond donors (Lipinski definition) is 3. The summed E-state index contributed by atoms with van der Waals surface area (Å²) in [6.07, 6.45) is 4.55. The summed E-state index contributed by atoms with van der Waals surface area (Å²) in [6.45, 7) is 9.55. The van der Waals surface area contributed by atoms with Crippen molar-refractivity contribution in [2.45, 2.75) is 103 Å². The number of carbonyl (C=O) groups is 1. The average molecular weight is 344 g/mol. The van der Waals surface area contributed by atoms with Gasteiger partial charge in [-0.15, -0.1) is 0 Å². The molecule has 0 aromatic carbocycles. The van der Waals surface area contributed by atoms with Gasteiger partial charge in [0.05, 0.1) is 12.2 Å². The van der Waals surface area contributed by atoms with E-state index in [1.54, 1.807) is 0 Å². The Labute approximate surface area is 147 Å². The molecule has 0 aromatic heterocycles. The number of aliphatic hydroxyl groups excluding tert-OH is 2. The molecule has 1 amide bonds. The molecule has 24 heavy (non-hydrogen) atoms. The summed E-state index contributed by atoms with van der Waals surface area (Å²) in [5.41, 5.74) is -0.545. The standard InChI is InChI=1S/C19H37NO4/c1-13(2)11-16(21)17(22)12-15(14-9-7-6-8-10-14)20-18(23)24-19(3,4)5/h13-17,21-22H,6-12H2,1-5H3,(H,20,23). The molecule has 1 fully saturated rings. The van der Waals surface area contributed by atoms with Crippen LogP contribution >= 0.6 is 0 Å². The summed E-state index contributed by atoms with van der Waals surface area (Å²) in [7, 11) is 0. The Morgan fingerprint density at radius 1 is 1.08 bits per heavy atom. The zero-order valence-corrected chi connectivity index (χ0v) is 16.0. The maximum absolute atomic E-state index is 12.2. The van der Waals surface area contributed by atoms with Gasteiger partial charge in [-0.2, -0.15) is 0 Å². The lowest BCUT2D eigenvalue weighted by Crippen LogP contribution is -2.46. The summed E-state index contributed by atoms with van der Waals surface area (Å²) in [4.78, 5) is 12.2. The summed E-state index contributed by atoms with van der Waals surface area (Å²) in [6, 6.07) is -0.156. The molecule has 1 rings (SSSR count). The Morgan fingerprint density at radius 3 is 2.12 bits per heavy atom. The third kappa shape index (κ3) is 8.34. The maximum atomic E-state index is 12.2. The Balaban J connectivity index is 2.68. The first-order chi connectivity index (χ1) is 11.1. The molecule has 0 radical (unpaired) electrons. The van der Waals surface area contributed by atoms with Crippen LogP contribution in [0.3, 0.4) is 0 Å². The second kappa shape index (κ2) is 9.62. The third-order valence-electron chi connectivity index (χ3n) is 4.57. The van der Waals surface area contributed by atoms with Gasteiger partial charge in [-0.25, -0.2) is 4.79 Å². The van der Waals surface area contributed by atoms with Crippen molar-refractivity contribution in [3.63, 3.8) is 0 Å². The van der Waals surface area contributed by atoms with Crippen LogP contribution in [0.15, 0.2) is 0 Å². The van der Waals surface area contributed by atoms with Gasteiger partial charge in [-0.05, 0) is 58.3 Å². The highest BCUT2D eigenvalue weighted by atomic mass is 16.6. The van der Waals surface area contributed by atoms with E-state index < -0.39 is 23.9 Å². The first-order valence-electron chi connectivity index (χ1n) is 9.44. The van der Waals surface area contributed by atoms with Crippen molar-refractivity contribution in [1.82, 2.24) is 5.32 Å². The van der Waals surface area contributed by atoms with Crippen molar-refractivity contribution in [2.24, 2.45) is 11.8 Å². The monoisotopic (exact) mass is 343 g/mol. The number of carbonyl (C=O) groups excluding carboxylic acids is 1. The number of alkyl carbamates (subject to hydrolysis) is 1. The molecule has 5 nitrogen and oxygen atoms in total. The molecule has 3 atom stereocenters. The minimum absolute atomic E-state index is 0.156. The molecule has 1 saturated carbocycles. The highest BCUT2D eigenvalue weighted by Crippen LogP contribution is 2.29. The van der Waals surface area contributed by atoms with Gasteiger partial charge >= 0.3 is 6.09 Å². The number of aliphatic hydroxyl groups is 2. The fourth-order valence-electron chi connectivity index (χ4n) is 3.42. The highest BCUT2D eigenvalue weighted by Gasteiger charge is 2.31. The quantitative estimate of drug-likeness (QED) is 0.660. The summed E-state index contributed by atoms with van der Waals surface area (Å²) < 4.78 is 5.37. The molecule has 3 N–H and O–H groups in total. The Bertz CT molecular complexity index is 372. The van der Waals surface area contributed by atoms with Crippen molar-refractivity contribution >= 4 is 6.09 Å². The van der Waals surface area contributed by atoms with Crippen LogP contribution in [-0.4, -0.2) is 40.2 Å². The van der Waals surface area contributed by atoms with Crippen molar-refractivity contribution in [1.29, 1.82) is 0 Å². The predicted octanol–water partition coefficient (Wildman–Crippen LogP) is 3.62. The van der Waals surface area contributed by atoms with E-state index in [0.717, 1.165) is 25.7 Å². The van der Waals surface area contributed by atoms with Gasteiger partial charge in [0.2, 0.25) is 0 Å². The van der Waals surface area contributed by atoms with Gasteiger partial charge in [0.15, 0.2) is 0 Å². The van der Waals surface area contributed by atoms with E-state index in [-0.39, 0.29) is 6.04 Å². The van der Waals surface area contributed by atoms with Crippen molar-refractivity contribution in [3.8, 4) is 0 Å². The molecule has 5 heteroatoms. The Kier molecular flexibility index (Phi) is 8.51. The zero-order valence-electron chi connectivity index (χ0n) is 16.0. The number of rotatable bonds is 7. The summed E-state index contributed by atoms with van der Waals surface area (Å²) >= 11 is 0. The molecule has 3 unspecified atom stereocenters. The van der Waals surface area contributed by atoms with E-state index >= 15 is 0 Å². The van der Waals surface area contributed by atoms with E-state index in [1.807, 2.05) is 34.6 Å². The summed E-state index contributed by atoms with van der Waals surface area (Å²) in [5, 5.41) is 23.5. The smallest absolute Gasteiger partial charge is 0.407 e. The molecule has 1 aliphatic rings. The van der Waals surface area contributed by atoms with Gasteiger partial charge < -0.3 is 20.3 Å². The van der Waals surface area contributed by atoms with Crippen LogP contribution in [0.5, 0.6) is 0 Å². The van der Waals surface area contributed by atoms with E-state index in [0.29, 0.717) is 24.7 Å². The number of amides is 1. The minimum Gasteiger partial charge on any atom is -0.444 e. The van der Waals surface area contributed by atoms with Crippen LogP contribution < -0.4 is 5.32 Å². The molecule has 0 aromatic rings. The van der Waals surface area contributed by atoms with E-state index in [4.69, 9.17) is 4.74 Å². The number of hydrogen-bond acceptors (Lipinski definition) is 4. The van der Waals surface area contributed by atoms with Gasteiger partial charge in [-0.3, -0.25) is 0 Å². The molecule has 0 saturated heterocycles. The summed E-state index contributed by atoms with van der Waals surface area (Å²) in [5.74, 6) is 0.661. The molecule has 0 aliphatic heterocycles. The second-order valence-corrected chi connectivity index (χ2v) is 8.65. The predicted molar refractivity (Wildman–Crippen MR) is 95.8 cm³/mol. The van der Waals surface area contributed by atoms with E-state index in [1.165, 1.54) is 6.42 Å². The molecular weight excluding hydrogens is 306 g/mol. The van der Waals surface area contributed by atoms with Crippen LogP contribution in [0.1, 0.15) is 79.6 Å². The minimum atomic E-state index is -0.825. The molecule has 1 aliphatic carbocycles. The van der Waals surface area contributed by atoms with E-state index in [9.17, 15) is 15.0 Å². The third-order valence-corrected chi connectivity index (χ3v) is 4.57. The van der Waals surface area contributed by atoms with Crippen LogP contribution in [0.25, 0.3) is 0 Å². The first kappa shape index (κ1) is 21.2. The van der Waals surface area contributed by atoms with Gasteiger partial charge in [0, 0.05) is 6.04 Å². The number of ether oxygens (including phenoxy) is 1. The normalized spacial score (nSPS) is 20.5. The van der Waals surface area contributed by atoms with Crippen LogP contribution in [0, 0.1) is 11.8 Å². The van der Waals surface area contributed by atoms with Gasteiger partial charge in [0.1, 0.15) is 5.60 Å². The largest absolute Gasteiger partial charge is 0.444 e. The van der Waals surface area contributed by atoms with E-state index in [2.05, 4.69) is 5.32 Å². The van der Waals surface area contributed by atoms with Crippen LogP contribution in [0.2, 0.25) is 0 Å². The van der Waals surface area contributed by atoms with Crippen molar-refractivity contribution < 1.29 is 19.7 Å². The lowest BCUT2D eigenvalue weighted by Gasteiger charge is -2.34.